The van der Waals surface area contributed by atoms with Crippen LogP contribution in [0.3, 0.4) is 0 Å². The van der Waals surface area contributed by atoms with E-state index in [1.165, 1.54) is 12.1 Å². The molecule has 3 aromatic rings. The average Bonchev–Trinajstić information content (AvgIpc) is 2.93. The van der Waals surface area contributed by atoms with Crippen molar-refractivity contribution in [2.24, 2.45) is 0 Å². The van der Waals surface area contributed by atoms with Gasteiger partial charge < -0.3 is 4.55 Å². The number of nitro groups is 2. The van der Waals surface area contributed by atoms with Gasteiger partial charge in [-0.05, 0) is 12.1 Å². The second kappa shape index (κ2) is 7.89. The van der Waals surface area contributed by atoms with Crippen molar-refractivity contribution >= 4 is 52.1 Å². The molecule has 0 aliphatic heterocycles. The second-order valence-electron chi connectivity index (χ2n) is 5.53. The van der Waals surface area contributed by atoms with E-state index in [1.807, 2.05) is 0 Å². The largest absolute Gasteiger partial charge is 0.741 e. The molecule has 168 valence electrons. The number of nitrogens with zero attached hydrogens (tertiary/aromatic N) is 2. The topological polar surface area (TPSA) is 143 Å². The minimum Gasteiger partial charge on any atom is -0.741 e. The van der Waals surface area contributed by atoms with Gasteiger partial charge in [0, 0.05) is 22.9 Å². The molecular formula is C14H6F6N2O7S2. The molecule has 0 radical (unpaired) electrons. The van der Waals surface area contributed by atoms with Gasteiger partial charge >= 0.3 is 11.0 Å². The van der Waals surface area contributed by atoms with Crippen LogP contribution in [0.4, 0.5) is 37.7 Å². The van der Waals surface area contributed by atoms with Crippen LogP contribution in [0, 0.1) is 20.2 Å². The maximum absolute atomic E-state index is 13.5. The van der Waals surface area contributed by atoms with E-state index in [-0.39, 0.29) is 20.2 Å². The van der Waals surface area contributed by atoms with Gasteiger partial charge in [0.2, 0.25) is 0 Å². The lowest BCUT2D eigenvalue weighted by Gasteiger charge is -2.08. The van der Waals surface area contributed by atoms with E-state index >= 15 is 0 Å². The normalized spacial score (nSPS) is 12.5. The Balaban J connectivity index is 0.000000366. The molecule has 3 rings (SSSR count). The van der Waals surface area contributed by atoms with Crippen LogP contribution in [-0.4, -0.2) is 28.3 Å². The number of non-ortho nitro benzene ring substituents is 2. The summed E-state index contributed by atoms with van der Waals surface area (Å²) in [6, 6.07) is 6.50. The van der Waals surface area contributed by atoms with Crippen LogP contribution < -0.4 is 0 Å². The Morgan fingerprint density at radius 3 is 1.32 bits per heavy atom. The van der Waals surface area contributed by atoms with Crippen LogP contribution in [0.2, 0.25) is 0 Å². The molecule has 0 amide bonds. The Morgan fingerprint density at radius 2 is 1.10 bits per heavy atom. The number of hydrogen-bond acceptors (Lipinski definition) is 7. The van der Waals surface area contributed by atoms with E-state index in [4.69, 9.17) is 13.0 Å². The van der Waals surface area contributed by atoms with E-state index in [0.717, 1.165) is 24.3 Å². The first kappa shape index (κ1) is 24.2. The lowest BCUT2D eigenvalue weighted by atomic mass is 10.1. The minimum atomic E-state index is -6.09. The van der Waals surface area contributed by atoms with Gasteiger partial charge in [0.15, 0.2) is 19.5 Å². The van der Waals surface area contributed by atoms with E-state index in [9.17, 15) is 46.6 Å². The second-order valence-corrected chi connectivity index (χ2v) is 8.85. The summed E-state index contributed by atoms with van der Waals surface area (Å²) in [6.07, 6.45) is 0. The molecule has 0 aliphatic carbocycles. The molecule has 0 aliphatic rings. The van der Waals surface area contributed by atoms with Gasteiger partial charge in [0.05, 0.1) is 22.0 Å². The molecule has 17 heteroatoms. The van der Waals surface area contributed by atoms with Gasteiger partial charge in [-0.3, -0.25) is 20.2 Å². The SMILES string of the molecule is O=S(=O)([O-])C(F)(F)F.O=[N+]([O-])c1ccc2c3ccc([N+](=O)[O-])cc3[s+](C(F)(F)F)c2c1. The van der Waals surface area contributed by atoms with Crippen molar-refractivity contribution in [1.82, 2.24) is 0 Å². The van der Waals surface area contributed by atoms with E-state index in [2.05, 4.69) is 0 Å². The summed E-state index contributed by atoms with van der Waals surface area (Å²) in [5, 5.41) is 22.0. The number of nitro benzene ring substituents is 2. The molecule has 2 aromatic carbocycles. The van der Waals surface area contributed by atoms with Gasteiger partial charge in [-0.2, -0.15) is 13.2 Å². The van der Waals surface area contributed by atoms with Gasteiger partial charge in [-0.1, -0.05) is 0 Å². The van der Waals surface area contributed by atoms with Crippen LogP contribution in [0.25, 0.3) is 20.2 Å². The number of rotatable bonds is 2. The van der Waals surface area contributed by atoms with Crippen molar-refractivity contribution < 1.29 is 49.2 Å². The molecule has 0 spiro atoms. The molecule has 1 heterocycles. The molecule has 1 aromatic heterocycles. The molecule has 0 bridgehead atoms. The smallest absolute Gasteiger partial charge is 0.601 e. The highest BCUT2D eigenvalue weighted by molar-refractivity contribution is 7.86. The third kappa shape index (κ3) is 5.00. The summed E-state index contributed by atoms with van der Waals surface area (Å²) < 4.78 is 98.8. The van der Waals surface area contributed by atoms with Gasteiger partial charge in [-0.25, -0.2) is 8.42 Å². The number of thiophene rings is 1. The van der Waals surface area contributed by atoms with Crippen molar-refractivity contribution in [1.29, 1.82) is 0 Å². The maximum Gasteiger partial charge on any atom is 0.601 e. The third-order valence-corrected chi connectivity index (χ3v) is 6.18. The van der Waals surface area contributed by atoms with Gasteiger partial charge in [0.1, 0.15) is 10.5 Å². The van der Waals surface area contributed by atoms with Crippen LogP contribution >= 0.6 is 10.5 Å². The standard InChI is InChI=1S/C13H6F3N2O4S.CHF3O3S/c14-13(15,16)23-11-5-7(17(19)20)1-3-9(11)10-4-2-8(18(21)22)6-12(10)23;2-1(3,4)8(5,6)7/h1-6H;(H,5,6,7)/q+1;/p-1. The van der Waals surface area contributed by atoms with Crippen LogP contribution in [0.5, 0.6) is 0 Å². The van der Waals surface area contributed by atoms with Crippen LogP contribution in [0.15, 0.2) is 36.4 Å². The zero-order valence-electron chi connectivity index (χ0n) is 14.3. The molecule has 9 nitrogen and oxygen atoms in total. The monoisotopic (exact) mass is 492 g/mol. The fourth-order valence-corrected chi connectivity index (χ4v) is 4.41. The fraction of sp³-hybridized carbons (Fsp3) is 0.143. The predicted molar refractivity (Wildman–Crippen MR) is 94.3 cm³/mol. The first-order chi connectivity index (χ1) is 13.9. The van der Waals surface area contributed by atoms with Gasteiger partial charge in [-0.15, -0.1) is 13.2 Å². The Kier molecular flexibility index (Phi) is 6.17. The number of halogens is 6. The van der Waals surface area contributed by atoms with E-state index < -0.39 is 52.8 Å². The van der Waals surface area contributed by atoms with Crippen LogP contribution in [0.1, 0.15) is 0 Å². The quantitative estimate of drug-likeness (QED) is 0.121. The number of alkyl halides is 6. The first-order valence-electron chi connectivity index (χ1n) is 7.35. The van der Waals surface area contributed by atoms with Crippen LogP contribution in [-0.2, 0) is 15.6 Å². The van der Waals surface area contributed by atoms with Crippen molar-refractivity contribution in [3.63, 3.8) is 0 Å². The molecule has 0 saturated heterocycles. The van der Waals surface area contributed by atoms with E-state index in [1.54, 1.807) is 0 Å². The average molecular weight is 492 g/mol. The molecular weight excluding hydrogens is 486 g/mol. The predicted octanol–water partition coefficient (Wildman–Crippen LogP) is 5.09. The van der Waals surface area contributed by atoms with E-state index in [0.29, 0.717) is 0 Å². The lowest BCUT2D eigenvalue weighted by molar-refractivity contribution is -0.384. The van der Waals surface area contributed by atoms with Crippen molar-refractivity contribution in [3.05, 3.63) is 56.6 Å². The maximum atomic E-state index is 13.5. The Hall–Kier alpha value is -3.05. The van der Waals surface area contributed by atoms with Gasteiger partial charge in [0.25, 0.3) is 11.4 Å². The molecule has 0 saturated carbocycles. The summed E-state index contributed by atoms with van der Waals surface area (Å²) in [4.78, 5) is 20.1. The highest BCUT2D eigenvalue weighted by Gasteiger charge is 2.48. The van der Waals surface area contributed by atoms with Crippen molar-refractivity contribution in [3.8, 4) is 0 Å². The summed E-state index contributed by atoms with van der Waals surface area (Å²) in [5.74, 6) is 0. The third-order valence-electron chi connectivity index (χ3n) is 3.60. The number of fused-ring (bicyclic) bond motifs is 3. The summed E-state index contributed by atoms with van der Waals surface area (Å²) in [5.41, 5.74) is -11.2. The minimum absolute atomic E-state index is 0.209. The van der Waals surface area contributed by atoms with Crippen molar-refractivity contribution in [2.75, 3.05) is 0 Å². The Bertz CT molecular complexity index is 1230. The molecule has 0 fully saturated rings. The highest BCUT2D eigenvalue weighted by atomic mass is 32.2. The molecule has 0 unspecified atom stereocenters. The summed E-state index contributed by atoms with van der Waals surface area (Å²) in [7, 11) is -8.55. The first-order valence-corrected chi connectivity index (χ1v) is 9.99. The summed E-state index contributed by atoms with van der Waals surface area (Å²) in [6.45, 7) is 0. The summed E-state index contributed by atoms with van der Waals surface area (Å²) >= 11 is 0. The number of benzene rings is 2. The Labute approximate surface area is 169 Å². The zero-order chi connectivity index (χ0) is 23.9. The molecule has 0 atom stereocenters. The number of hydrogen-bond donors (Lipinski definition) is 0. The molecule has 31 heavy (non-hydrogen) atoms. The Morgan fingerprint density at radius 1 is 0.774 bits per heavy atom. The van der Waals surface area contributed by atoms with Crippen molar-refractivity contribution in [2.45, 2.75) is 11.0 Å². The highest BCUT2D eigenvalue weighted by Crippen LogP contribution is 2.55. The lowest BCUT2D eigenvalue weighted by Crippen LogP contribution is -2.21. The molecule has 0 N–H and O–H groups in total. The zero-order valence-corrected chi connectivity index (χ0v) is 15.9. The fourth-order valence-electron chi connectivity index (χ4n) is 2.40.